The van der Waals surface area contributed by atoms with Gasteiger partial charge in [-0.25, -0.2) is 0 Å². The molecule has 26 heavy (non-hydrogen) atoms. The van der Waals surface area contributed by atoms with E-state index in [9.17, 15) is 19.2 Å². The van der Waals surface area contributed by atoms with E-state index in [0.29, 0.717) is 36.8 Å². The molecule has 6 heteroatoms. The van der Waals surface area contributed by atoms with E-state index in [2.05, 4.69) is 13.8 Å². The maximum atomic E-state index is 11.8. The van der Waals surface area contributed by atoms with Crippen molar-refractivity contribution in [1.82, 2.24) is 9.80 Å². The minimum Gasteiger partial charge on any atom is -0.275 e. The van der Waals surface area contributed by atoms with Gasteiger partial charge in [0, 0.05) is 37.4 Å². The van der Waals surface area contributed by atoms with Gasteiger partial charge in [0.1, 0.15) is 0 Å². The van der Waals surface area contributed by atoms with E-state index in [1.807, 2.05) is 0 Å². The highest BCUT2D eigenvalue weighted by Gasteiger charge is 2.35. The summed E-state index contributed by atoms with van der Waals surface area (Å²) in [4.78, 5) is 49.6. The fourth-order valence-corrected chi connectivity index (χ4v) is 4.40. The van der Waals surface area contributed by atoms with Crippen LogP contribution in [0.25, 0.3) is 0 Å². The first-order chi connectivity index (χ1) is 12.4. The Balaban J connectivity index is 1.59. The maximum absolute atomic E-state index is 11.8. The second kappa shape index (κ2) is 7.56. The van der Waals surface area contributed by atoms with E-state index in [0.717, 1.165) is 25.7 Å². The van der Waals surface area contributed by atoms with Crippen LogP contribution in [0.2, 0.25) is 0 Å². The number of carbonyl (C=O) groups is 4. The molecule has 0 spiro atoms. The Morgan fingerprint density at radius 2 is 1.00 bits per heavy atom. The summed E-state index contributed by atoms with van der Waals surface area (Å²) >= 11 is 0. The van der Waals surface area contributed by atoms with Gasteiger partial charge in [0.05, 0.1) is 0 Å². The van der Waals surface area contributed by atoms with Crippen LogP contribution in [0.15, 0.2) is 24.3 Å². The molecule has 1 aliphatic carbocycles. The molecule has 4 unspecified atom stereocenters. The number of hydrogen-bond donors (Lipinski definition) is 0. The van der Waals surface area contributed by atoms with E-state index < -0.39 is 0 Å². The molecule has 0 aromatic carbocycles. The van der Waals surface area contributed by atoms with Crippen molar-refractivity contribution in [3.05, 3.63) is 24.3 Å². The minimum atomic E-state index is -0.233. The van der Waals surface area contributed by atoms with E-state index in [-0.39, 0.29) is 23.6 Å². The average molecular weight is 358 g/mol. The van der Waals surface area contributed by atoms with Crippen molar-refractivity contribution in [1.29, 1.82) is 0 Å². The molecule has 2 aliphatic heterocycles. The van der Waals surface area contributed by atoms with Crippen molar-refractivity contribution in [2.24, 2.45) is 23.7 Å². The molecule has 1 saturated carbocycles. The maximum Gasteiger partial charge on any atom is 0.253 e. The van der Waals surface area contributed by atoms with Crippen LogP contribution in [-0.2, 0) is 19.2 Å². The lowest BCUT2D eigenvalue weighted by atomic mass is 9.67. The van der Waals surface area contributed by atoms with Crippen molar-refractivity contribution in [2.75, 3.05) is 13.1 Å². The Morgan fingerprint density at radius 3 is 1.31 bits per heavy atom. The quantitative estimate of drug-likeness (QED) is 0.680. The molecule has 3 rings (SSSR count). The van der Waals surface area contributed by atoms with Gasteiger partial charge in [-0.1, -0.05) is 13.8 Å². The third-order valence-electron chi connectivity index (χ3n) is 6.24. The van der Waals surface area contributed by atoms with Crippen molar-refractivity contribution in [3.8, 4) is 0 Å². The lowest BCUT2D eigenvalue weighted by Crippen LogP contribution is -2.38. The first-order valence-electron chi connectivity index (χ1n) is 9.44. The Morgan fingerprint density at radius 1 is 0.692 bits per heavy atom. The third kappa shape index (κ3) is 3.79. The Bertz CT molecular complexity index is 587. The summed E-state index contributed by atoms with van der Waals surface area (Å²) in [5.41, 5.74) is 0. The molecule has 2 heterocycles. The minimum absolute atomic E-state index is 0.233. The first kappa shape index (κ1) is 18.5. The second-order valence-electron chi connectivity index (χ2n) is 7.85. The fourth-order valence-electron chi connectivity index (χ4n) is 4.40. The summed E-state index contributed by atoms with van der Waals surface area (Å²) < 4.78 is 0. The predicted octanol–water partition coefficient (Wildman–Crippen LogP) is 1.91. The molecule has 0 N–H and O–H groups in total. The number of hydrogen-bond acceptors (Lipinski definition) is 4. The molecule has 0 aromatic rings. The second-order valence-corrected chi connectivity index (χ2v) is 7.85. The summed E-state index contributed by atoms with van der Waals surface area (Å²) in [6, 6.07) is 0. The van der Waals surface area contributed by atoms with Gasteiger partial charge in [-0.05, 0) is 49.4 Å². The van der Waals surface area contributed by atoms with Crippen LogP contribution in [0.4, 0.5) is 0 Å². The van der Waals surface area contributed by atoms with E-state index >= 15 is 0 Å². The monoisotopic (exact) mass is 358 g/mol. The van der Waals surface area contributed by atoms with Gasteiger partial charge in [-0.3, -0.25) is 29.0 Å². The summed E-state index contributed by atoms with van der Waals surface area (Å²) in [5.74, 6) is 1.04. The van der Waals surface area contributed by atoms with Crippen LogP contribution in [0.3, 0.4) is 0 Å². The van der Waals surface area contributed by atoms with Gasteiger partial charge in [-0.15, -0.1) is 0 Å². The zero-order chi connectivity index (χ0) is 18.8. The van der Waals surface area contributed by atoms with Gasteiger partial charge in [-0.2, -0.15) is 0 Å². The van der Waals surface area contributed by atoms with Gasteiger partial charge < -0.3 is 0 Å². The SMILES string of the molecule is CC1CC(CCN2C(=O)C=CC2=O)C(CCN2C(=O)C=CC2=O)CC1C. The van der Waals surface area contributed by atoms with E-state index in [4.69, 9.17) is 0 Å². The topological polar surface area (TPSA) is 74.8 Å². The molecule has 4 atom stereocenters. The third-order valence-corrected chi connectivity index (χ3v) is 6.24. The number of imide groups is 2. The zero-order valence-corrected chi connectivity index (χ0v) is 15.4. The van der Waals surface area contributed by atoms with Crippen LogP contribution in [0.5, 0.6) is 0 Å². The van der Waals surface area contributed by atoms with Gasteiger partial charge >= 0.3 is 0 Å². The van der Waals surface area contributed by atoms with E-state index in [1.165, 1.54) is 34.1 Å². The van der Waals surface area contributed by atoms with Crippen LogP contribution in [-0.4, -0.2) is 46.5 Å². The molecule has 4 amide bonds. The first-order valence-corrected chi connectivity index (χ1v) is 9.44. The van der Waals surface area contributed by atoms with Crippen molar-refractivity contribution < 1.29 is 19.2 Å². The Labute approximate surface area is 153 Å². The fraction of sp³-hybridized carbons (Fsp3) is 0.600. The van der Waals surface area contributed by atoms with Crippen LogP contribution >= 0.6 is 0 Å². The summed E-state index contributed by atoms with van der Waals surface area (Å²) in [7, 11) is 0. The summed E-state index contributed by atoms with van der Waals surface area (Å²) in [6.45, 7) is 5.38. The standard InChI is InChI=1S/C20H26N2O4/c1-13-11-15(7-9-21-17(23)3-4-18(21)24)16(12-14(13)2)8-10-22-19(25)5-6-20(22)26/h3-6,13-16H,7-12H2,1-2H3. The highest BCUT2D eigenvalue weighted by atomic mass is 16.2. The average Bonchev–Trinajstić information content (AvgIpc) is 3.09. The highest BCUT2D eigenvalue weighted by molar-refractivity contribution is 6.13. The Kier molecular flexibility index (Phi) is 5.39. The largest absolute Gasteiger partial charge is 0.275 e. The number of carbonyl (C=O) groups excluding carboxylic acids is 4. The molecule has 140 valence electrons. The molecule has 0 radical (unpaired) electrons. The van der Waals surface area contributed by atoms with Crippen molar-refractivity contribution in [3.63, 3.8) is 0 Å². The molecule has 1 fully saturated rings. The molecule has 3 aliphatic rings. The van der Waals surface area contributed by atoms with Crippen LogP contribution in [0, 0.1) is 23.7 Å². The van der Waals surface area contributed by atoms with E-state index in [1.54, 1.807) is 0 Å². The van der Waals surface area contributed by atoms with Gasteiger partial charge in [0.25, 0.3) is 23.6 Å². The number of nitrogens with zero attached hydrogens (tertiary/aromatic N) is 2. The predicted molar refractivity (Wildman–Crippen MR) is 95.5 cm³/mol. The van der Waals surface area contributed by atoms with Crippen molar-refractivity contribution >= 4 is 23.6 Å². The Hall–Kier alpha value is -2.24. The molecule has 0 bridgehead atoms. The lowest BCUT2D eigenvalue weighted by molar-refractivity contribution is -0.139. The van der Waals surface area contributed by atoms with Gasteiger partial charge in [0.2, 0.25) is 0 Å². The molecular weight excluding hydrogens is 332 g/mol. The molecular formula is C20H26N2O4. The zero-order valence-electron chi connectivity index (χ0n) is 15.4. The van der Waals surface area contributed by atoms with Crippen molar-refractivity contribution in [2.45, 2.75) is 39.5 Å². The molecule has 0 saturated heterocycles. The van der Waals surface area contributed by atoms with Crippen LogP contribution in [0.1, 0.15) is 39.5 Å². The number of rotatable bonds is 6. The normalized spacial score (nSPS) is 31.6. The van der Waals surface area contributed by atoms with Crippen LogP contribution < -0.4 is 0 Å². The highest BCUT2D eigenvalue weighted by Crippen LogP contribution is 2.41. The smallest absolute Gasteiger partial charge is 0.253 e. The summed E-state index contributed by atoms with van der Waals surface area (Å²) in [6.07, 6.45) is 8.95. The molecule has 6 nitrogen and oxygen atoms in total. The number of amides is 4. The summed E-state index contributed by atoms with van der Waals surface area (Å²) in [5, 5.41) is 0. The van der Waals surface area contributed by atoms with Gasteiger partial charge in [0.15, 0.2) is 0 Å². The lowest BCUT2D eigenvalue weighted by Gasteiger charge is -2.40. The molecule has 0 aromatic heterocycles.